The molecule has 0 radical (unpaired) electrons. The molecular formula is C29H31ClF3NO3. The molecule has 2 aliphatic heterocycles. The molecule has 0 aromatic heterocycles. The molecule has 2 heterocycles. The van der Waals surface area contributed by atoms with Gasteiger partial charge < -0.3 is 14.2 Å². The smallest absolute Gasteiger partial charge is 0.496 e. The third-order valence-electron chi connectivity index (χ3n) is 7.29. The Morgan fingerprint density at radius 2 is 1.70 bits per heavy atom. The summed E-state index contributed by atoms with van der Waals surface area (Å²) in [6.45, 7) is 2.16. The number of alkyl halides is 3. The maximum Gasteiger partial charge on any atom is 0.573 e. The van der Waals surface area contributed by atoms with E-state index in [1.54, 1.807) is 6.07 Å². The van der Waals surface area contributed by atoms with Crippen molar-refractivity contribution in [3.8, 4) is 11.5 Å². The predicted octanol–water partition coefficient (Wildman–Crippen LogP) is 7.30. The highest BCUT2D eigenvalue weighted by Crippen LogP contribution is 2.53. The first-order chi connectivity index (χ1) is 17.4. The number of benzene rings is 3. The Bertz CT molecular complexity index is 1160. The highest BCUT2D eigenvalue weighted by Gasteiger charge is 2.51. The molecule has 0 unspecified atom stereocenters. The molecule has 5 rings (SSSR count). The second kappa shape index (κ2) is 11.3. The van der Waals surface area contributed by atoms with Gasteiger partial charge in [-0.15, -0.1) is 25.6 Å². The van der Waals surface area contributed by atoms with Gasteiger partial charge in [0.25, 0.3) is 0 Å². The zero-order valence-corrected chi connectivity index (χ0v) is 21.4. The molecule has 0 saturated carbocycles. The van der Waals surface area contributed by atoms with Crippen LogP contribution < -0.4 is 9.47 Å². The van der Waals surface area contributed by atoms with Crippen molar-refractivity contribution in [2.75, 3.05) is 20.3 Å². The predicted molar refractivity (Wildman–Crippen MR) is 138 cm³/mol. The van der Waals surface area contributed by atoms with Gasteiger partial charge in [0.1, 0.15) is 11.5 Å². The monoisotopic (exact) mass is 533 g/mol. The zero-order chi connectivity index (χ0) is 25.2. The fourth-order valence-corrected chi connectivity index (χ4v) is 5.91. The van der Waals surface area contributed by atoms with Crippen molar-refractivity contribution in [1.29, 1.82) is 0 Å². The number of rotatable bonds is 6. The van der Waals surface area contributed by atoms with Crippen LogP contribution in [0.3, 0.4) is 0 Å². The molecule has 8 heteroatoms. The lowest BCUT2D eigenvalue weighted by atomic mass is 9.75. The quantitative estimate of drug-likeness (QED) is 0.333. The van der Waals surface area contributed by atoms with Crippen LogP contribution in [0.2, 0.25) is 0 Å². The third-order valence-corrected chi connectivity index (χ3v) is 7.29. The van der Waals surface area contributed by atoms with Crippen molar-refractivity contribution >= 4 is 12.4 Å². The van der Waals surface area contributed by atoms with Gasteiger partial charge >= 0.3 is 6.36 Å². The van der Waals surface area contributed by atoms with Crippen molar-refractivity contribution in [1.82, 2.24) is 4.90 Å². The topological polar surface area (TPSA) is 30.9 Å². The van der Waals surface area contributed by atoms with E-state index in [0.29, 0.717) is 24.3 Å². The van der Waals surface area contributed by atoms with E-state index in [1.165, 1.54) is 30.4 Å². The SMILES string of the molecule is COc1ccc(OC(F)(F)F)cc1[C@@H]1CO[C@]2(CCCN(Cc3ccccc3)[C@H]2c2ccccc2)C1.Cl. The van der Waals surface area contributed by atoms with Crippen molar-refractivity contribution in [2.24, 2.45) is 0 Å². The van der Waals surface area contributed by atoms with Crippen LogP contribution >= 0.6 is 12.4 Å². The van der Waals surface area contributed by atoms with Crippen LogP contribution in [0.15, 0.2) is 78.9 Å². The maximum atomic E-state index is 12.9. The number of nitrogens with zero attached hydrogens (tertiary/aromatic N) is 1. The molecular weight excluding hydrogens is 503 g/mol. The summed E-state index contributed by atoms with van der Waals surface area (Å²) in [6, 6.07) is 25.1. The number of piperidine rings is 1. The minimum Gasteiger partial charge on any atom is -0.496 e. The Kier molecular flexibility index (Phi) is 8.36. The zero-order valence-electron chi connectivity index (χ0n) is 20.6. The fourth-order valence-electron chi connectivity index (χ4n) is 5.91. The summed E-state index contributed by atoms with van der Waals surface area (Å²) >= 11 is 0. The summed E-state index contributed by atoms with van der Waals surface area (Å²) in [5, 5.41) is 0. The number of halogens is 4. The summed E-state index contributed by atoms with van der Waals surface area (Å²) in [6.07, 6.45) is -2.20. The molecule has 2 fully saturated rings. The van der Waals surface area contributed by atoms with Crippen LogP contribution in [-0.2, 0) is 11.3 Å². The summed E-state index contributed by atoms with van der Waals surface area (Å²) in [5.41, 5.74) is 2.66. The number of methoxy groups -OCH3 is 1. The molecule has 2 saturated heterocycles. The largest absolute Gasteiger partial charge is 0.573 e. The normalized spacial score (nSPS) is 24.0. The van der Waals surface area contributed by atoms with Crippen LogP contribution in [0.1, 0.15) is 47.9 Å². The van der Waals surface area contributed by atoms with Gasteiger partial charge in [-0.2, -0.15) is 0 Å². The highest BCUT2D eigenvalue weighted by molar-refractivity contribution is 5.85. The summed E-state index contributed by atoms with van der Waals surface area (Å²) < 4.78 is 55.1. The average molecular weight is 534 g/mol. The number of ether oxygens (including phenoxy) is 3. The van der Waals surface area contributed by atoms with Crippen LogP contribution in [0, 0.1) is 0 Å². The average Bonchev–Trinajstić information content (AvgIpc) is 3.28. The highest BCUT2D eigenvalue weighted by atomic mass is 35.5. The number of hydrogen-bond acceptors (Lipinski definition) is 4. The first kappa shape index (κ1) is 27.3. The number of likely N-dealkylation sites (tertiary alicyclic amines) is 1. The van der Waals surface area contributed by atoms with Crippen molar-refractivity contribution in [3.63, 3.8) is 0 Å². The molecule has 0 N–H and O–H groups in total. The first-order valence-electron chi connectivity index (χ1n) is 12.3. The van der Waals surface area contributed by atoms with Gasteiger partial charge in [0.05, 0.1) is 25.4 Å². The molecule has 3 atom stereocenters. The van der Waals surface area contributed by atoms with Gasteiger partial charge in [0.15, 0.2) is 0 Å². The number of hydrogen-bond donors (Lipinski definition) is 0. The van der Waals surface area contributed by atoms with Crippen molar-refractivity contribution < 1.29 is 27.4 Å². The lowest BCUT2D eigenvalue weighted by Gasteiger charge is -2.48. The Labute approximate surface area is 221 Å². The van der Waals surface area contributed by atoms with E-state index in [9.17, 15) is 13.2 Å². The van der Waals surface area contributed by atoms with Crippen LogP contribution in [-0.4, -0.2) is 37.1 Å². The van der Waals surface area contributed by atoms with Gasteiger partial charge in [-0.1, -0.05) is 60.7 Å². The molecule has 4 nitrogen and oxygen atoms in total. The van der Waals surface area contributed by atoms with Gasteiger partial charge in [-0.05, 0) is 55.1 Å². The van der Waals surface area contributed by atoms with Gasteiger partial charge in [-0.3, -0.25) is 4.90 Å². The van der Waals surface area contributed by atoms with E-state index in [1.807, 2.05) is 24.3 Å². The van der Waals surface area contributed by atoms with E-state index in [-0.39, 0.29) is 30.1 Å². The van der Waals surface area contributed by atoms with Gasteiger partial charge in [0.2, 0.25) is 0 Å². The van der Waals surface area contributed by atoms with Crippen LogP contribution in [0.25, 0.3) is 0 Å². The second-order valence-electron chi connectivity index (χ2n) is 9.60. The molecule has 0 bridgehead atoms. The summed E-state index contributed by atoms with van der Waals surface area (Å²) in [4.78, 5) is 2.48. The van der Waals surface area contributed by atoms with E-state index >= 15 is 0 Å². The lowest BCUT2D eigenvalue weighted by molar-refractivity contribution is -0.274. The Hall–Kier alpha value is -2.74. The van der Waals surface area contributed by atoms with Gasteiger partial charge in [-0.25, -0.2) is 0 Å². The van der Waals surface area contributed by atoms with Crippen molar-refractivity contribution in [3.05, 3.63) is 95.6 Å². The first-order valence-corrected chi connectivity index (χ1v) is 12.3. The Balaban J connectivity index is 0.00000320. The molecule has 3 aromatic rings. The molecule has 0 amide bonds. The van der Waals surface area contributed by atoms with Crippen LogP contribution in [0.5, 0.6) is 11.5 Å². The molecule has 1 spiro atoms. The maximum absolute atomic E-state index is 12.9. The van der Waals surface area contributed by atoms with Crippen molar-refractivity contribution in [2.45, 2.75) is 49.7 Å². The Morgan fingerprint density at radius 3 is 2.38 bits per heavy atom. The summed E-state index contributed by atoms with van der Waals surface area (Å²) in [7, 11) is 1.53. The Morgan fingerprint density at radius 1 is 1.00 bits per heavy atom. The molecule has 0 aliphatic carbocycles. The van der Waals surface area contributed by atoms with Gasteiger partial charge in [0, 0.05) is 18.0 Å². The van der Waals surface area contributed by atoms with E-state index in [0.717, 1.165) is 25.9 Å². The lowest BCUT2D eigenvalue weighted by Crippen LogP contribution is -2.50. The van der Waals surface area contributed by atoms with E-state index in [2.05, 4.69) is 46.0 Å². The minimum atomic E-state index is -4.75. The minimum absolute atomic E-state index is 0. The molecule has 37 heavy (non-hydrogen) atoms. The van der Waals surface area contributed by atoms with E-state index in [4.69, 9.17) is 9.47 Å². The third kappa shape index (κ3) is 6.06. The summed E-state index contributed by atoms with van der Waals surface area (Å²) in [5.74, 6) is 0.191. The fraction of sp³-hybridized carbons (Fsp3) is 0.379. The molecule has 2 aliphatic rings. The van der Waals surface area contributed by atoms with Crippen LogP contribution in [0.4, 0.5) is 13.2 Å². The standard InChI is InChI=1S/C29H30F3NO3.ClH/c1-34-26-14-13-24(36-29(30,31)32)17-25(26)23-18-28(35-20-23)15-8-16-33(19-21-9-4-2-5-10-21)27(28)22-11-6-3-7-12-22;/h2-7,9-14,17,23,27H,8,15-16,18-20H2,1H3;1H/t23-,27-,28+;/m0./s1. The van der Waals surface area contributed by atoms with E-state index < -0.39 is 12.0 Å². The molecule has 3 aromatic carbocycles. The molecule has 198 valence electrons. The second-order valence-corrected chi connectivity index (χ2v) is 9.60.